The number of rotatable bonds is 0. The molecule has 0 spiro atoms. The second-order valence-electron chi connectivity index (χ2n) is 3.59. The summed E-state index contributed by atoms with van der Waals surface area (Å²) in [6.45, 7) is 0. The summed E-state index contributed by atoms with van der Waals surface area (Å²) in [7, 11) is 0. The number of anilines is 1. The average Bonchev–Trinajstić information content (AvgIpc) is 2.50. The Hall–Kier alpha value is -2.29. The molecule has 1 aliphatic heterocycles. The first kappa shape index (κ1) is 8.97. The van der Waals surface area contributed by atoms with Crippen LogP contribution in [0.25, 0.3) is 0 Å². The van der Waals surface area contributed by atoms with Gasteiger partial charge < -0.3 is 10.5 Å². The molecule has 0 fully saturated rings. The van der Waals surface area contributed by atoms with Gasteiger partial charge in [-0.15, -0.1) is 0 Å². The first-order valence-corrected chi connectivity index (χ1v) is 5.04. The number of nitrogens with zero attached hydrogens (tertiary/aromatic N) is 1. The molecular formula is C13H10N2O. The normalized spacial score (nSPS) is 12.2. The average molecular weight is 210 g/mol. The topological polar surface area (TPSA) is 47.6 Å². The SMILES string of the molecule is Nc1cccc2c1Oc1ccccc1N=C2. The first-order valence-electron chi connectivity index (χ1n) is 5.04. The highest BCUT2D eigenvalue weighted by Gasteiger charge is 2.12. The van der Waals surface area contributed by atoms with Gasteiger partial charge in [0.05, 0.1) is 5.69 Å². The van der Waals surface area contributed by atoms with Gasteiger partial charge in [0.25, 0.3) is 0 Å². The van der Waals surface area contributed by atoms with Crippen molar-refractivity contribution in [3.63, 3.8) is 0 Å². The summed E-state index contributed by atoms with van der Waals surface area (Å²) in [5, 5.41) is 0. The Morgan fingerprint density at radius 2 is 1.88 bits per heavy atom. The lowest BCUT2D eigenvalue weighted by Crippen LogP contribution is -1.94. The van der Waals surface area contributed by atoms with Crippen molar-refractivity contribution in [2.75, 3.05) is 5.73 Å². The number of nitrogen functional groups attached to an aromatic ring is 1. The number of hydrogen-bond donors (Lipinski definition) is 1. The molecule has 2 aromatic carbocycles. The van der Waals surface area contributed by atoms with Crippen molar-refractivity contribution in [3.8, 4) is 11.5 Å². The number of ether oxygens (including phenoxy) is 1. The second-order valence-corrected chi connectivity index (χ2v) is 3.59. The molecule has 0 aliphatic carbocycles. The molecule has 3 nitrogen and oxygen atoms in total. The van der Waals surface area contributed by atoms with E-state index < -0.39 is 0 Å². The van der Waals surface area contributed by atoms with E-state index in [4.69, 9.17) is 10.5 Å². The Bertz CT molecular complexity index is 576. The van der Waals surface area contributed by atoms with Gasteiger partial charge in [0.2, 0.25) is 0 Å². The number of aliphatic imine (C=N–C) groups is 1. The Balaban J connectivity index is 2.22. The van der Waals surface area contributed by atoms with Gasteiger partial charge in [0.15, 0.2) is 11.5 Å². The lowest BCUT2D eigenvalue weighted by Gasteiger charge is -2.09. The molecule has 3 rings (SSSR count). The minimum Gasteiger partial charge on any atom is -0.452 e. The van der Waals surface area contributed by atoms with Crippen LogP contribution in [-0.2, 0) is 0 Å². The molecular weight excluding hydrogens is 200 g/mol. The molecule has 0 saturated carbocycles. The van der Waals surface area contributed by atoms with Crippen LogP contribution in [0.1, 0.15) is 5.56 Å². The van der Waals surface area contributed by atoms with E-state index in [1.807, 2.05) is 42.5 Å². The zero-order chi connectivity index (χ0) is 11.0. The van der Waals surface area contributed by atoms with Crippen LogP contribution in [-0.4, -0.2) is 6.21 Å². The summed E-state index contributed by atoms with van der Waals surface area (Å²) in [6.07, 6.45) is 1.78. The van der Waals surface area contributed by atoms with E-state index in [0.29, 0.717) is 11.4 Å². The minimum atomic E-state index is 0.626. The first-order chi connectivity index (χ1) is 7.84. The fraction of sp³-hybridized carbons (Fsp3) is 0. The Labute approximate surface area is 93.2 Å². The molecule has 0 aromatic heterocycles. The van der Waals surface area contributed by atoms with Crippen molar-refractivity contribution in [3.05, 3.63) is 48.0 Å². The number of nitrogens with two attached hydrogens (primary N) is 1. The number of hydrogen-bond acceptors (Lipinski definition) is 3. The molecule has 1 aliphatic rings. The highest BCUT2D eigenvalue weighted by atomic mass is 16.5. The van der Waals surface area contributed by atoms with Crippen LogP contribution in [0, 0.1) is 0 Å². The molecule has 2 N–H and O–H groups in total. The van der Waals surface area contributed by atoms with E-state index in [9.17, 15) is 0 Å². The van der Waals surface area contributed by atoms with Crippen LogP contribution in [0.4, 0.5) is 11.4 Å². The van der Waals surface area contributed by atoms with Crippen LogP contribution in [0.3, 0.4) is 0 Å². The fourth-order valence-corrected chi connectivity index (χ4v) is 1.69. The van der Waals surface area contributed by atoms with Gasteiger partial charge in [-0.05, 0) is 24.3 Å². The smallest absolute Gasteiger partial charge is 0.159 e. The molecule has 0 amide bonds. The van der Waals surface area contributed by atoms with Crippen molar-refractivity contribution in [1.29, 1.82) is 0 Å². The number of para-hydroxylation sites is 3. The van der Waals surface area contributed by atoms with E-state index in [1.165, 1.54) is 0 Å². The van der Waals surface area contributed by atoms with Crippen molar-refractivity contribution in [2.45, 2.75) is 0 Å². The summed E-state index contributed by atoms with van der Waals surface area (Å²) < 4.78 is 5.78. The van der Waals surface area contributed by atoms with Crippen LogP contribution in [0.2, 0.25) is 0 Å². The monoisotopic (exact) mass is 210 g/mol. The summed E-state index contributed by atoms with van der Waals surface area (Å²) in [5.74, 6) is 1.41. The summed E-state index contributed by atoms with van der Waals surface area (Å²) in [5.41, 5.74) is 8.22. The van der Waals surface area contributed by atoms with Crippen molar-refractivity contribution < 1.29 is 4.74 Å². The van der Waals surface area contributed by atoms with Crippen molar-refractivity contribution >= 4 is 17.6 Å². The van der Waals surface area contributed by atoms with Crippen LogP contribution < -0.4 is 10.5 Å². The third-order valence-electron chi connectivity index (χ3n) is 2.50. The Kier molecular flexibility index (Phi) is 1.90. The van der Waals surface area contributed by atoms with Gasteiger partial charge in [-0.2, -0.15) is 0 Å². The van der Waals surface area contributed by atoms with Gasteiger partial charge in [-0.3, -0.25) is 4.99 Å². The molecule has 0 unspecified atom stereocenters. The van der Waals surface area contributed by atoms with Gasteiger partial charge in [0, 0.05) is 11.8 Å². The zero-order valence-corrected chi connectivity index (χ0v) is 8.55. The van der Waals surface area contributed by atoms with Crippen molar-refractivity contribution in [2.24, 2.45) is 4.99 Å². The predicted molar refractivity (Wildman–Crippen MR) is 64.6 cm³/mol. The number of benzene rings is 2. The highest BCUT2D eigenvalue weighted by molar-refractivity contribution is 5.90. The van der Waals surface area contributed by atoms with E-state index in [2.05, 4.69) is 4.99 Å². The largest absolute Gasteiger partial charge is 0.452 e. The van der Waals surface area contributed by atoms with Crippen LogP contribution in [0.15, 0.2) is 47.5 Å². The molecule has 2 aromatic rings. The molecule has 78 valence electrons. The molecule has 16 heavy (non-hydrogen) atoms. The lowest BCUT2D eigenvalue weighted by atomic mass is 10.2. The Morgan fingerprint density at radius 3 is 2.81 bits per heavy atom. The van der Waals surface area contributed by atoms with Gasteiger partial charge in [0.1, 0.15) is 5.69 Å². The third-order valence-corrected chi connectivity index (χ3v) is 2.50. The van der Waals surface area contributed by atoms with Gasteiger partial charge >= 0.3 is 0 Å². The maximum absolute atomic E-state index is 5.88. The Morgan fingerprint density at radius 1 is 1.00 bits per heavy atom. The number of fused-ring (bicyclic) bond motifs is 2. The quantitative estimate of drug-likeness (QED) is 0.579. The van der Waals surface area contributed by atoms with E-state index in [0.717, 1.165) is 17.0 Å². The van der Waals surface area contributed by atoms with Crippen molar-refractivity contribution in [1.82, 2.24) is 0 Å². The molecule has 1 heterocycles. The van der Waals surface area contributed by atoms with Crippen LogP contribution in [0.5, 0.6) is 11.5 Å². The third kappa shape index (κ3) is 1.34. The molecule has 0 radical (unpaired) electrons. The second kappa shape index (κ2) is 3.38. The van der Waals surface area contributed by atoms with E-state index >= 15 is 0 Å². The maximum atomic E-state index is 5.88. The molecule has 0 atom stereocenters. The fourth-order valence-electron chi connectivity index (χ4n) is 1.69. The summed E-state index contributed by atoms with van der Waals surface area (Å²) >= 11 is 0. The predicted octanol–water partition coefficient (Wildman–Crippen LogP) is 3.13. The standard InChI is InChI=1S/C13H10N2O/c14-10-5-3-4-9-8-15-11-6-1-2-7-12(11)16-13(9)10/h1-8H,14H2. The molecule has 3 heteroatoms. The summed E-state index contributed by atoms with van der Waals surface area (Å²) in [4.78, 5) is 4.36. The van der Waals surface area contributed by atoms with Crippen LogP contribution >= 0.6 is 0 Å². The lowest BCUT2D eigenvalue weighted by molar-refractivity contribution is 0.487. The maximum Gasteiger partial charge on any atom is 0.159 e. The van der Waals surface area contributed by atoms with E-state index in [-0.39, 0.29) is 0 Å². The summed E-state index contributed by atoms with van der Waals surface area (Å²) in [6, 6.07) is 13.3. The molecule has 0 bridgehead atoms. The van der Waals surface area contributed by atoms with E-state index in [1.54, 1.807) is 6.21 Å². The zero-order valence-electron chi connectivity index (χ0n) is 8.55. The van der Waals surface area contributed by atoms with Gasteiger partial charge in [-0.1, -0.05) is 18.2 Å². The highest BCUT2D eigenvalue weighted by Crippen LogP contribution is 2.38. The minimum absolute atomic E-state index is 0.626. The molecule has 0 saturated heterocycles. The van der Waals surface area contributed by atoms with Gasteiger partial charge in [-0.25, -0.2) is 0 Å².